The van der Waals surface area contributed by atoms with E-state index in [2.05, 4.69) is 34.5 Å². The lowest BCUT2D eigenvalue weighted by Crippen LogP contribution is -2.46. The number of fused-ring (bicyclic) bond motifs is 1. The van der Waals surface area contributed by atoms with Crippen LogP contribution in [0.1, 0.15) is 29.5 Å². The van der Waals surface area contributed by atoms with Crippen molar-refractivity contribution in [3.05, 3.63) is 64.2 Å². The molecule has 2 amide bonds. The molecule has 2 aromatic carbocycles. The Morgan fingerprint density at radius 1 is 1.14 bits per heavy atom. The molecule has 0 spiro atoms. The highest BCUT2D eigenvalue weighted by molar-refractivity contribution is 6.31. The number of piperidine rings is 1. The fourth-order valence-corrected chi connectivity index (χ4v) is 4.59. The zero-order chi connectivity index (χ0) is 19.5. The first-order chi connectivity index (χ1) is 13.6. The van der Waals surface area contributed by atoms with Gasteiger partial charge in [-0.2, -0.15) is 0 Å². The largest absolute Gasteiger partial charge is 0.324 e. The van der Waals surface area contributed by atoms with E-state index >= 15 is 0 Å². The average molecular weight is 398 g/mol. The molecule has 0 aromatic heterocycles. The number of carbonyl (C=O) groups is 1. The topological polar surface area (TPSA) is 35.6 Å². The first kappa shape index (κ1) is 19.3. The van der Waals surface area contributed by atoms with E-state index in [1.54, 1.807) is 0 Å². The summed E-state index contributed by atoms with van der Waals surface area (Å²) in [7, 11) is 0. The van der Waals surface area contributed by atoms with Crippen LogP contribution in [0.3, 0.4) is 0 Å². The zero-order valence-corrected chi connectivity index (χ0v) is 17.2. The molecule has 2 aliphatic heterocycles. The van der Waals surface area contributed by atoms with E-state index in [0.29, 0.717) is 10.9 Å². The summed E-state index contributed by atoms with van der Waals surface area (Å²) < 4.78 is 0. The highest BCUT2D eigenvalue weighted by Crippen LogP contribution is 2.25. The van der Waals surface area contributed by atoms with Crippen molar-refractivity contribution >= 4 is 23.3 Å². The molecule has 0 radical (unpaired) electrons. The lowest BCUT2D eigenvalue weighted by Gasteiger charge is -2.37. The lowest BCUT2D eigenvalue weighted by molar-refractivity contribution is 0.140. The number of nitrogens with zero attached hydrogens (tertiary/aromatic N) is 2. The number of halogens is 1. The maximum Gasteiger partial charge on any atom is 0.321 e. The van der Waals surface area contributed by atoms with Crippen LogP contribution in [0.2, 0.25) is 5.02 Å². The van der Waals surface area contributed by atoms with E-state index in [1.165, 1.54) is 17.5 Å². The summed E-state index contributed by atoms with van der Waals surface area (Å²) in [5.74, 6) is 0.533. The average Bonchev–Trinajstić information content (AvgIpc) is 2.71. The molecule has 4 nitrogen and oxygen atoms in total. The van der Waals surface area contributed by atoms with Gasteiger partial charge in [-0.05, 0) is 60.9 Å². The van der Waals surface area contributed by atoms with Crippen LogP contribution >= 0.6 is 11.6 Å². The molecule has 0 unspecified atom stereocenters. The maximum atomic E-state index is 12.8. The van der Waals surface area contributed by atoms with Crippen molar-refractivity contribution in [1.82, 2.24) is 9.80 Å². The molecule has 0 bridgehead atoms. The Labute approximate surface area is 172 Å². The number of amides is 2. The maximum absolute atomic E-state index is 12.8. The molecule has 2 aliphatic rings. The monoisotopic (exact) mass is 397 g/mol. The van der Waals surface area contributed by atoms with Crippen LogP contribution < -0.4 is 5.32 Å². The third kappa shape index (κ3) is 4.34. The number of benzene rings is 2. The zero-order valence-electron chi connectivity index (χ0n) is 16.5. The van der Waals surface area contributed by atoms with E-state index in [0.717, 1.165) is 56.8 Å². The van der Waals surface area contributed by atoms with Crippen molar-refractivity contribution in [3.63, 3.8) is 0 Å². The SMILES string of the molecule is Cc1c(Cl)cccc1NC(=O)N1CCC[C@H](CN2CCc3ccccc3C2)C1. The molecule has 2 heterocycles. The minimum Gasteiger partial charge on any atom is -0.324 e. The normalized spacial score (nSPS) is 19.9. The predicted octanol–water partition coefficient (Wildman–Crippen LogP) is 4.95. The van der Waals surface area contributed by atoms with E-state index < -0.39 is 0 Å². The number of urea groups is 1. The summed E-state index contributed by atoms with van der Waals surface area (Å²) in [6.45, 7) is 6.79. The van der Waals surface area contributed by atoms with Gasteiger partial charge in [0, 0.05) is 43.4 Å². The fraction of sp³-hybridized carbons (Fsp3) is 0.435. The van der Waals surface area contributed by atoms with Crippen molar-refractivity contribution in [2.24, 2.45) is 5.92 Å². The molecular formula is C23H28ClN3O. The Balaban J connectivity index is 1.34. The third-order valence-corrected chi connectivity index (χ3v) is 6.45. The van der Waals surface area contributed by atoms with Crippen LogP contribution in [0.15, 0.2) is 42.5 Å². The van der Waals surface area contributed by atoms with Crippen molar-refractivity contribution in [3.8, 4) is 0 Å². The number of hydrogen-bond acceptors (Lipinski definition) is 2. The Morgan fingerprint density at radius 3 is 2.82 bits per heavy atom. The van der Waals surface area contributed by atoms with E-state index in [1.807, 2.05) is 30.0 Å². The van der Waals surface area contributed by atoms with Gasteiger partial charge >= 0.3 is 6.03 Å². The van der Waals surface area contributed by atoms with E-state index in [4.69, 9.17) is 11.6 Å². The van der Waals surface area contributed by atoms with Crippen molar-refractivity contribution < 1.29 is 4.79 Å². The Morgan fingerprint density at radius 2 is 1.96 bits per heavy atom. The molecule has 0 aliphatic carbocycles. The minimum atomic E-state index is -0.0148. The molecule has 1 atom stereocenters. The van der Waals surface area contributed by atoms with Crippen molar-refractivity contribution in [2.45, 2.75) is 32.7 Å². The number of nitrogens with one attached hydrogen (secondary N) is 1. The van der Waals surface area contributed by atoms with Gasteiger partial charge in [0.25, 0.3) is 0 Å². The number of likely N-dealkylation sites (tertiary alicyclic amines) is 1. The minimum absolute atomic E-state index is 0.0148. The summed E-state index contributed by atoms with van der Waals surface area (Å²) in [6.07, 6.45) is 3.39. The molecule has 0 saturated carbocycles. The molecule has 5 heteroatoms. The molecule has 28 heavy (non-hydrogen) atoms. The third-order valence-electron chi connectivity index (χ3n) is 6.04. The van der Waals surface area contributed by atoms with Gasteiger partial charge < -0.3 is 10.2 Å². The van der Waals surface area contributed by atoms with Gasteiger partial charge in [-0.25, -0.2) is 4.79 Å². The van der Waals surface area contributed by atoms with Crippen molar-refractivity contribution in [1.29, 1.82) is 0 Å². The van der Waals surface area contributed by atoms with Gasteiger partial charge in [-0.15, -0.1) is 0 Å². The first-order valence-corrected chi connectivity index (χ1v) is 10.6. The molecule has 1 fully saturated rings. The molecule has 4 rings (SSSR count). The second-order valence-electron chi connectivity index (χ2n) is 8.05. The van der Waals surface area contributed by atoms with E-state index in [9.17, 15) is 4.79 Å². The van der Waals surface area contributed by atoms with Crippen LogP contribution in [0.5, 0.6) is 0 Å². The predicted molar refractivity (Wildman–Crippen MR) is 115 cm³/mol. The van der Waals surface area contributed by atoms with Gasteiger partial charge in [0.2, 0.25) is 0 Å². The van der Waals surface area contributed by atoms with Crippen LogP contribution in [0, 0.1) is 12.8 Å². The fourth-order valence-electron chi connectivity index (χ4n) is 4.41. The van der Waals surface area contributed by atoms with Gasteiger partial charge in [-0.1, -0.05) is 41.9 Å². The quantitative estimate of drug-likeness (QED) is 0.795. The Kier molecular flexibility index (Phi) is 5.88. The Bertz CT molecular complexity index is 853. The van der Waals surface area contributed by atoms with Gasteiger partial charge in [0.15, 0.2) is 0 Å². The van der Waals surface area contributed by atoms with Gasteiger partial charge in [0.05, 0.1) is 0 Å². The molecule has 1 N–H and O–H groups in total. The number of carbonyl (C=O) groups excluding carboxylic acids is 1. The molecule has 148 valence electrons. The number of rotatable bonds is 3. The number of anilines is 1. The van der Waals surface area contributed by atoms with Crippen molar-refractivity contribution in [2.75, 3.05) is 31.5 Å². The van der Waals surface area contributed by atoms with Crippen LogP contribution in [0.25, 0.3) is 0 Å². The van der Waals surface area contributed by atoms with Gasteiger partial charge in [-0.3, -0.25) is 4.90 Å². The second-order valence-corrected chi connectivity index (χ2v) is 8.46. The summed E-state index contributed by atoms with van der Waals surface area (Å²) in [5.41, 5.74) is 4.65. The number of hydrogen-bond donors (Lipinski definition) is 1. The summed E-state index contributed by atoms with van der Waals surface area (Å²) in [6, 6.07) is 14.4. The van der Waals surface area contributed by atoms with Crippen LogP contribution in [-0.2, 0) is 13.0 Å². The lowest BCUT2D eigenvalue weighted by atomic mass is 9.95. The standard InChI is InChI=1S/C23H28ClN3O/c1-17-21(24)9-4-10-22(17)25-23(28)27-12-5-6-18(15-27)14-26-13-11-19-7-2-3-8-20(19)16-26/h2-4,7-10,18H,5-6,11-16H2,1H3,(H,25,28)/t18-/m1/s1. The van der Waals surface area contributed by atoms with Crippen LogP contribution in [-0.4, -0.2) is 42.0 Å². The first-order valence-electron chi connectivity index (χ1n) is 10.2. The summed E-state index contributed by atoms with van der Waals surface area (Å²) in [4.78, 5) is 17.3. The Hall–Kier alpha value is -2.04. The molecular weight excluding hydrogens is 370 g/mol. The molecule has 2 aromatic rings. The smallest absolute Gasteiger partial charge is 0.321 e. The summed E-state index contributed by atoms with van der Waals surface area (Å²) in [5, 5.41) is 3.73. The van der Waals surface area contributed by atoms with E-state index in [-0.39, 0.29) is 6.03 Å². The second kappa shape index (κ2) is 8.54. The van der Waals surface area contributed by atoms with Gasteiger partial charge in [0.1, 0.15) is 0 Å². The molecule has 1 saturated heterocycles. The summed E-state index contributed by atoms with van der Waals surface area (Å²) >= 11 is 6.18. The highest BCUT2D eigenvalue weighted by Gasteiger charge is 2.26. The van der Waals surface area contributed by atoms with Crippen LogP contribution in [0.4, 0.5) is 10.5 Å². The highest BCUT2D eigenvalue weighted by atomic mass is 35.5.